The maximum Gasteiger partial charge on any atom is 0.339 e. The van der Waals surface area contributed by atoms with Crippen molar-refractivity contribution in [3.05, 3.63) is 23.5 Å². The van der Waals surface area contributed by atoms with Gasteiger partial charge in [-0.2, -0.15) is 0 Å². The number of anilines is 1. The van der Waals surface area contributed by atoms with Crippen LogP contribution in [0.25, 0.3) is 0 Å². The monoisotopic (exact) mass is 263 g/mol. The van der Waals surface area contributed by atoms with Crippen LogP contribution < -0.4 is 4.90 Å². The van der Waals surface area contributed by atoms with Crippen molar-refractivity contribution in [3.8, 4) is 0 Å². The molecule has 5 nitrogen and oxygen atoms in total. The van der Waals surface area contributed by atoms with Crippen LogP contribution in [0.2, 0.25) is 0 Å². The average Bonchev–Trinajstić information content (AvgIpc) is 2.34. The molecule has 5 heteroatoms. The molecule has 0 spiro atoms. The van der Waals surface area contributed by atoms with Gasteiger partial charge in [-0.3, -0.25) is 9.88 Å². The molecule has 0 amide bonds. The van der Waals surface area contributed by atoms with E-state index in [4.69, 9.17) is 0 Å². The molecule has 2 unspecified atom stereocenters. The van der Waals surface area contributed by atoms with Gasteiger partial charge in [0.25, 0.3) is 0 Å². The molecule has 0 bridgehead atoms. The summed E-state index contributed by atoms with van der Waals surface area (Å²) in [7, 11) is 2.11. The molecule has 1 aromatic rings. The number of rotatable bonds is 2. The predicted molar refractivity (Wildman–Crippen MR) is 74.8 cm³/mol. The van der Waals surface area contributed by atoms with Gasteiger partial charge in [0.2, 0.25) is 0 Å². The van der Waals surface area contributed by atoms with Crippen molar-refractivity contribution in [1.82, 2.24) is 9.88 Å². The molecule has 104 valence electrons. The van der Waals surface area contributed by atoms with Crippen LogP contribution in [0, 0.1) is 6.92 Å². The summed E-state index contributed by atoms with van der Waals surface area (Å²) in [6.07, 6.45) is 1.46. The number of piperazine rings is 1. The van der Waals surface area contributed by atoms with E-state index in [9.17, 15) is 9.90 Å². The van der Waals surface area contributed by atoms with Crippen molar-refractivity contribution in [3.63, 3.8) is 0 Å². The van der Waals surface area contributed by atoms with E-state index in [-0.39, 0.29) is 5.56 Å². The second-order valence-electron chi connectivity index (χ2n) is 5.42. The van der Waals surface area contributed by atoms with E-state index in [1.54, 1.807) is 0 Å². The van der Waals surface area contributed by atoms with Crippen molar-refractivity contribution in [1.29, 1.82) is 0 Å². The Hall–Kier alpha value is -1.62. The maximum absolute atomic E-state index is 11.3. The molecule has 1 aromatic heterocycles. The lowest BCUT2D eigenvalue weighted by Gasteiger charge is -2.43. The van der Waals surface area contributed by atoms with E-state index in [2.05, 4.69) is 35.7 Å². The van der Waals surface area contributed by atoms with Crippen molar-refractivity contribution in [2.75, 3.05) is 25.0 Å². The minimum absolute atomic E-state index is 0.287. The molecule has 0 aromatic carbocycles. The number of nitrogens with zero attached hydrogens (tertiary/aromatic N) is 3. The Morgan fingerprint density at radius 2 is 1.95 bits per heavy atom. The standard InChI is InChI=1S/C14H21N3O2/c1-9-5-13(12(6-15-9)14(18)19)17-7-10(2)16(4)11(3)8-17/h5-6,10-11H,7-8H2,1-4H3,(H,18,19). The van der Waals surface area contributed by atoms with Crippen LogP contribution >= 0.6 is 0 Å². The Bertz CT molecular complexity index is 478. The zero-order chi connectivity index (χ0) is 14.2. The molecule has 2 rings (SSSR count). The van der Waals surface area contributed by atoms with Crippen molar-refractivity contribution >= 4 is 11.7 Å². The predicted octanol–water partition coefficient (Wildman–Crippen LogP) is 1.62. The summed E-state index contributed by atoms with van der Waals surface area (Å²) in [6, 6.07) is 2.67. The third-order valence-electron chi connectivity index (χ3n) is 3.95. The van der Waals surface area contributed by atoms with Crippen LogP contribution in [0.15, 0.2) is 12.3 Å². The maximum atomic E-state index is 11.3. The Morgan fingerprint density at radius 1 is 1.37 bits per heavy atom. The minimum Gasteiger partial charge on any atom is -0.478 e. The summed E-state index contributed by atoms with van der Waals surface area (Å²) in [6.45, 7) is 7.89. The van der Waals surface area contributed by atoms with Gasteiger partial charge in [0.05, 0.1) is 5.69 Å². The summed E-state index contributed by atoms with van der Waals surface area (Å²) >= 11 is 0. The van der Waals surface area contributed by atoms with Crippen LogP contribution in [0.5, 0.6) is 0 Å². The van der Waals surface area contributed by atoms with Gasteiger partial charge in [0.1, 0.15) is 5.56 Å². The van der Waals surface area contributed by atoms with Gasteiger partial charge in [-0.25, -0.2) is 4.79 Å². The Labute approximate surface area is 113 Å². The van der Waals surface area contributed by atoms with E-state index >= 15 is 0 Å². The van der Waals surface area contributed by atoms with E-state index < -0.39 is 5.97 Å². The van der Waals surface area contributed by atoms with Gasteiger partial charge in [0.15, 0.2) is 0 Å². The summed E-state index contributed by atoms with van der Waals surface area (Å²) in [5.74, 6) is -0.915. The SMILES string of the molecule is Cc1cc(N2CC(C)N(C)C(C)C2)c(C(=O)O)cn1. The van der Waals surface area contributed by atoms with Gasteiger partial charge in [-0.1, -0.05) is 0 Å². The summed E-state index contributed by atoms with van der Waals surface area (Å²) in [5.41, 5.74) is 1.92. The number of carboxylic acid groups (broad SMARTS) is 1. The number of aromatic carboxylic acids is 1. The molecule has 2 heterocycles. The summed E-state index contributed by atoms with van der Waals surface area (Å²) in [5, 5.41) is 9.29. The number of pyridine rings is 1. The number of aryl methyl sites for hydroxylation is 1. The number of hydrogen-bond donors (Lipinski definition) is 1. The number of carboxylic acids is 1. The first-order chi connectivity index (χ1) is 8.90. The van der Waals surface area contributed by atoms with E-state index in [1.807, 2.05) is 13.0 Å². The lowest BCUT2D eigenvalue weighted by Crippen LogP contribution is -2.55. The smallest absolute Gasteiger partial charge is 0.339 e. The number of aromatic nitrogens is 1. The fourth-order valence-electron chi connectivity index (χ4n) is 2.57. The van der Waals surface area contributed by atoms with Crippen LogP contribution in [0.3, 0.4) is 0 Å². The second-order valence-corrected chi connectivity index (χ2v) is 5.42. The Morgan fingerprint density at radius 3 is 2.47 bits per heavy atom. The van der Waals surface area contributed by atoms with Gasteiger partial charge in [0, 0.05) is 37.1 Å². The summed E-state index contributed by atoms with van der Waals surface area (Å²) in [4.78, 5) is 19.9. The molecule has 1 aliphatic heterocycles. The fraction of sp³-hybridized carbons (Fsp3) is 0.571. The van der Waals surface area contributed by atoms with Gasteiger partial charge >= 0.3 is 5.97 Å². The lowest BCUT2D eigenvalue weighted by atomic mass is 10.1. The third-order valence-corrected chi connectivity index (χ3v) is 3.95. The van der Waals surface area contributed by atoms with Gasteiger partial charge in [-0.05, 0) is 33.9 Å². The highest BCUT2D eigenvalue weighted by Crippen LogP contribution is 2.25. The number of carbonyl (C=O) groups is 1. The van der Waals surface area contributed by atoms with Crippen molar-refractivity contribution in [2.24, 2.45) is 0 Å². The van der Waals surface area contributed by atoms with Crippen molar-refractivity contribution in [2.45, 2.75) is 32.9 Å². The Balaban J connectivity index is 2.36. The molecule has 19 heavy (non-hydrogen) atoms. The normalized spacial score (nSPS) is 24.5. The molecule has 1 N–H and O–H groups in total. The molecule has 2 atom stereocenters. The highest BCUT2D eigenvalue weighted by molar-refractivity contribution is 5.94. The average molecular weight is 263 g/mol. The lowest BCUT2D eigenvalue weighted by molar-refractivity contribution is 0.0696. The van der Waals surface area contributed by atoms with Crippen molar-refractivity contribution < 1.29 is 9.90 Å². The first kappa shape index (κ1) is 13.8. The topological polar surface area (TPSA) is 56.7 Å². The zero-order valence-corrected chi connectivity index (χ0v) is 11.9. The Kier molecular flexibility index (Phi) is 3.75. The second kappa shape index (κ2) is 5.17. The van der Waals surface area contributed by atoms with Crippen LogP contribution in [0.4, 0.5) is 5.69 Å². The van der Waals surface area contributed by atoms with Crippen LogP contribution in [0.1, 0.15) is 29.9 Å². The minimum atomic E-state index is -0.915. The number of hydrogen-bond acceptors (Lipinski definition) is 4. The third kappa shape index (κ3) is 2.71. The molecule has 0 radical (unpaired) electrons. The highest BCUT2D eigenvalue weighted by Gasteiger charge is 2.28. The van der Waals surface area contributed by atoms with E-state index in [0.717, 1.165) is 24.5 Å². The molecule has 0 saturated carbocycles. The zero-order valence-electron chi connectivity index (χ0n) is 11.9. The quantitative estimate of drug-likeness (QED) is 0.878. The van der Waals surface area contributed by atoms with Crippen LogP contribution in [-0.4, -0.2) is 53.2 Å². The van der Waals surface area contributed by atoms with Gasteiger partial charge in [-0.15, -0.1) is 0 Å². The number of likely N-dealkylation sites (N-methyl/N-ethyl adjacent to an activating group) is 1. The van der Waals surface area contributed by atoms with Gasteiger partial charge < -0.3 is 10.0 Å². The molecular weight excluding hydrogens is 242 g/mol. The van der Waals surface area contributed by atoms with Crippen LogP contribution in [-0.2, 0) is 0 Å². The van der Waals surface area contributed by atoms with E-state index in [1.165, 1.54) is 6.20 Å². The summed E-state index contributed by atoms with van der Waals surface area (Å²) < 4.78 is 0. The molecular formula is C14H21N3O2. The molecule has 1 fully saturated rings. The molecule has 0 aliphatic carbocycles. The molecule has 1 aliphatic rings. The van der Waals surface area contributed by atoms with E-state index in [0.29, 0.717) is 12.1 Å². The first-order valence-electron chi connectivity index (χ1n) is 6.57. The first-order valence-corrected chi connectivity index (χ1v) is 6.57. The fourth-order valence-corrected chi connectivity index (χ4v) is 2.57. The largest absolute Gasteiger partial charge is 0.478 e. The molecule has 1 saturated heterocycles. The highest BCUT2D eigenvalue weighted by atomic mass is 16.4.